The Balaban J connectivity index is 2.18. The number of hydrogen-bond donors (Lipinski definition) is 0. The number of ether oxygens (including phenoxy) is 3. The Labute approximate surface area is 117 Å². The van der Waals surface area contributed by atoms with Gasteiger partial charge in [0.2, 0.25) is 0 Å². The van der Waals surface area contributed by atoms with Crippen molar-refractivity contribution < 1.29 is 23.8 Å². The molecule has 0 aromatic heterocycles. The molecule has 0 bridgehead atoms. The van der Waals surface area contributed by atoms with E-state index in [1.807, 2.05) is 0 Å². The van der Waals surface area contributed by atoms with Crippen LogP contribution in [0.3, 0.4) is 0 Å². The fourth-order valence-corrected chi connectivity index (χ4v) is 2.37. The molecule has 5 nitrogen and oxygen atoms in total. The van der Waals surface area contributed by atoms with Gasteiger partial charge in [0.1, 0.15) is 6.61 Å². The maximum atomic E-state index is 11.6. The van der Waals surface area contributed by atoms with Gasteiger partial charge in [-0.3, -0.25) is 4.79 Å². The smallest absolute Gasteiger partial charge is 0.333 e. The van der Waals surface area contributed by atoms with Gasteiger partial charge in [-0.2, -0.15) is 0 Å². The third kappa shape index (κ3) is 7.22. The normalized spacial score (nSPS) is 19.9. The van der Waals surface area contributed by atoms with Gasteiger partial charge in [0.25, 0.3) is 0 Å². The van der Waals surface area contributed by atoms with Gasteiger partial charge in [0.05, 0.1) is 13.0 Å². The molecular weight excluding hydrogens is 268 g/mol. The lowest BCUT2D eigenvalue weighted by Crippen LogP contribution is -2.23. The second kappa shape index (κ2) is 8.98. The molecule has 0 saturated carbocycles. The molecule has 1 rings (SSSR count). The van der Waals surface area contributed by atoms with Crippen molar-refractivity contribution >= 4 is 23.7 Å². The molecule has 0 aliphatic carbocycles. The highest BCUT2D eigenvalue weighted by Gasteiger charge is 2.17. The van der Waals surface area contributed by atoms with Crippen LogP contribution in [0.15, 0.2) is 12.2 Å². The van der Waals surface area contributed by atoms with E-state index in [2.05, 4.69) is 6.58 Å². The number of hydrogen-bond acceptors (Lipinski definition) is 6. The maximum absolute atomic E-state index is 11.6. The SMILES string of the molecule is C=C(C)C(=O)OCCC(=O)OC1COCCCCS1. The first-order chi connectivity index (χ1) is 9.09. The van der Waals surface area contributed by atoms with Crippen LogP contribution < -0.4 is 0 Å². The number of thioether (sulfide) groups is 1. The predicted molar refractivity (Wildman–Crippen MR) is 72.8 cm³/mol. The maximum Gasteiger partial charge on any atom is 0.333 e. The molecular formula is C13H20O5S. The van der Waals surface area contributed by atoms with Gasteiger partial charge in [-0.25, -0.2) is 4.79 Å². The first-order valence-corrected chi connectivity index (χ1v) is 7.36. The molecule has 0 radical (unpaired) electrons. The van der Waals surface area contributed by atoms with E-state index < -0.39 is 5.97 Å². The first kappa shape index (κ1) is 16.0. The summed E-state index contributed by atoms with van der Waals surface area (Å²) in [6.07, 6.45) is 2.16. The molecule has 0 amide bonds. The quantitative estimate of drug-likeness (QED) is 0.569. The van der Waals surface area contributed by atoms with Crippen molar-refractivity contribution in [2.75, 3.05) is 25.6 Å². The van der Waals surface area contributed by atoms with Gasteiger partial charge in [0.15, 0.2) is 5.44 Å². The summed E-state index contributed by atoms with van der Waals surface area (Å²) in [6.45, 7) is 6.16. The van der Waals surface area contributed by atoms with E-state index in [1.54, 1.807) is 18.7 Å². The van der Waals surface area contributed by atoms with Gasteiger partial charge < -0.3 is 14.2 Å². The van der Waals surface area contributed by atoms with Gasteiger partial charge in [-0.05, 0) is 25.5 Å². The molecule has 1 aliphatic rings. The zero-order chi connectivity index (χ0) is 14.1. The molecule has 0 N–H and O–H groups in total. The zero-order valence-electron chi connectivity index (χ0n) is 11.2. The van der Waals surface area contributed by atoms with Crippen molar-refractivity contribution in [3.63, 3.8) is 0 Å². The van der Waals surface area contributed by atoms with E-state index in [-0.39, 0.29) is 24.4 Å². The Morgan fingerprint density at radius 1 is 1.42 bits per heavy atom. The summed E-state index contributed by atoms with van der Waals surface area (Å²) < 4.78 is 15.5. The number of rotatable bonds is 5. The van der Waals surface area contributed by atoms with Crippen molar-refractivity contribution in [2.24, 2.45) is 0 Å². The Kier molecular flexibility index (Phi) is 7.59. The largest absolute Gasteiger partial charge is 0.462 e. The molecule has 19 heavy (non-hydrogen) atoms. The summed E-state index contributed by atoms with van der Waals surface area (Å²) in [7, 11) is 0. The van der Waals surface area contributed by atoms with E-state index >= 15 is 0 Å². The molecule has 1 unspecified atom stereocenters. The molecule has 1 saturated heterocycles. The lowest BCUT2D eigenvalue weighted by Gasteiger charge is -2.19. The van der Waals surface area contributed by atoms with Crippen LogP contribution in [0.4, 0.5) is 0 Å². The lowest BCUT2D eigenvalue weighted by atomic mass is 10.3. The summed E-state index contributed by atoms with van der Waals surface area (Å²) >= 11 is 1.58. The van der Waals surface area contributed by atoms with E-state index in [4.69, 9.17) is 14.2 Å². The highest BCUT2D eigenvalue weighted by atomic mass is 32.2. The first-order valence-electron chi connectivity index (χ1n) is 6.31. The summed E-state index contributed by atoms with van der Waals surface area (Å²) in [5.41, 5.74) is 0.0574. The topological polar surface area (TPSA) is 61.8 Å². The molecule has 0 spiro atoms. The van der Waals surface area contributed by atoms with Gasteiger partial charge >= 0.3 is 11.9 Å². The summed E-state index contributed by atoms with van der Waals surface area (Å²) in [5, 5.41) is 0. The molecule has 1 heterocycles. The minimum absolute atomic E-state index is 0.0166. The molecule has 1 aliphatic heterocycles. The predicted octanol–water partition coefficient (Wildman–Crippen LogP) is 1.91. The fourth-order valence-electron chi connectivity index (χ4n) is 1.37. The van der Waals surface area contributed by atoms with E-state index in [0.717, 1.165) is 18.6 Å². The summed E-state index contributed by atoms with van der Waals surface area (Å²) in [5.74, 6) is 0.0963. The standard InChI is InChI=1S/C13H20O5S/c1-10(2)13(15)17-7-5-11(14)18-12-9-16-6-3-4-8-19-12/h12H,1,3-9H2,2H3. The number of carbonyl (C=O) groups excluding carboxylic acids is 2. The second-order valence-electron chi connectivity index (χ2n) is 4.24. The summed E-state index contributed by atoms with van der Waals surface area (Å²) in [4.78, 5) is 22.7. The van der Waals surface area contributed by atoms with Gasteiger partial charge in [0, 0.05) is 12.2 Å². The fraction of sp³-hybridized carbons (Fsp3) is 0.692. The van der Waals surface area contributed by atoms with Crippen LogP contribution in [-0.4, -0.2) is 42.9 Å². The number of esters is 2. The molecule has 0 aromatic carbocycles. The lowest BCUT2D eigenvalue weighted by molar-refractivity contribution is -0.150. The highest BCUT2D eigenvalue weighted by molar-refractivity contribution is 7.99. The van der Waals surface area contributed by atoms with Crippen LogP contribution in [0.2, 0.25) is 0 Å². The van der Waals surface area contributed by atoms with Gasteiger partial charge in [-0.1, -0.05) is 6.58 Å². The van der Waals surface area contributed by atoms with Crippen molar-refractivity contribution in [3.05, 3.63) is 12.2 Å². The third-order valence-corrected chi connectivity index (χ3v) is 3.52. The molecule has 0 aromatic rings. The average Bonchev–Trinajstić information content (AvgIpc) is 2.32. The Morgan fingerprint density at radius 2 is 2.21 bits per heavy atom. The second-order valence-corrected chi connectivity index (χ2v) is 5.51. The van der Waals surface area contributed by atoms with E-state index in [9.17, 15) is 9.59 Å². The molecule has 108 valence electrons. The van der Waals surface area contributed by atoms with E-state index in [0.29, 0.717) is 18.8 Å². The van der Waals surface area contributed by atoms with Crippen LogP contribution in [0, 0.1) is 0 Å². The molecule has 1 fully saturated rings. The molecule has 6 heteroatoms. The Bertz CT molecular complexity index is 321. The monoisotopic (exact) mass is 288 g/mol. The van der Waals surface area contributed by atoms with Crippen LogP contribution >= 0.6 is 11.8 Å². The van der Waals surface area contributed by atoms with Crippen LogP contribution in [0.5, 0.6) is 0 Å². The van der Waals surface area contributed by atoms with Crippen LogP contribution in [0.25, 0.3) is 0 Å². The zero-order valence-corrected chi connectivity index (χ0v) is 12.0. The van der Waals surface area contributed by atoms with Crippen LogP contribution in [-0.2, 0) is 23.8 Å². The van der Waals surface area contributed by atoms with Crippen molar-refractivity contribution in [1.29, 1.82) is 0 Å². The van der Waals surface area contributed by atoms with Gasteiger partial charge in [-0.15, -0.1) is 11.8 Å². The van der Waals surface area contributed by atoms with E-state index in [1.165, 1.54) is 0 Å². The Morgan fingerprint density at radius 3 is 2.95 bits per heavy atom. The molecule has 1 atom stereocenters. The van der Waals surface area contributed by atoms with Crippen molar-refractivity contribution in [3.8, 4) is 0 Å². The highest BCUT2D eigenvalue weighted by Crippen LogP contribution is 2.18. The van der Waals surface area contributed by atoms with Crippen molar-refractivity contribution in [1.82, 2.24) is 0 Å². The number of carbonyl (C=O) groups is 2. The van der Waals surface area contributed by atoms with Crippen LogP contribution in [0.1, 0.15) is 26.2 Å². The Hall–Kier alpha value is -1.01. The average molecular weight is 288 g/mol. The third-order valence-electron chi connectivity index (χ3n) is 2.39. The minimum atomic E-state index is -0.489. The minimum Gasteiger partial charge on any atom is -0.462 e. The van der Waals surface area contributed by atoms with Crippen molar-refractivity contribution in [2.45, 2.75) is 31.6 Å². The summed E-state index contributed by atoms with van der Waals surface area (Å²) in [6, 6.07) is 0.